The van der Waals surface area contributed by atoms with Gasteiger partial charge in [0, 0.05) is 0 Å². The van der Waals surface area contributed by atoms with E-state index in [0.717, 1.165) is 0 Å². The summed E-state index contributed by atoms with van der Waals surface area (Å²) in [5, 5.41) is 7.76. The molecule has 0 aliphatic rings. The first-order chi connectivity index (χ1) is 17.7. The van der Waals surface area contributed by atoms with Crippen molar-refractivity contribution in [1.82, 2.24) is 0 Å². The molecule has 6 aromatic rings. The van der Waals surface area contributed by atoms with Crippen molar-refractivity contribution < 1.29 is 0 Å². The van der Waals surface area contributed by atoms with Crippen LogP contribution in [0.1, 0.15) is 38.8 Å². The van der Waals surface area contributed by atoms with Crippen LogP contribution in [-0.4, -0.2) is 0 Å². The van der Waals surface area contributed by atoms with Crippen LogP contribution in [0.25, 0.3) is 54.6 Å². The number of benzene rings is 6. The highest BCUT2D eigenvalue weighted by molar-refractivity contribution is 6.21. The maximum Gasteiger partial charge on any atom is -0.00262 e. The molecule has 0 amide bonds. The van der Waals surface area contributed by atoms with E-state index in [2.05, 4.69) is 123 Å². The first-order valence-electron chi connectivity index (χ1n) is 13.2. The van der Waals surface area contributed by atoms with E-state index in [4.69, 9.17) is 0 Å². The molecule has 0 aliphatic carbocycles. The van der Waals surface area contributed by atoms with E-state index in [-0.39, 0.29) is 0 Å². The Bertz CT molecular complexity index is 1560. The Morgan fingerprint density at radius 2 is 0.778 bits per heavy atom. The monoisotopic (exact) mass is 468 g/mol. The van der Waals surface area contributed by atoms with Crippen LogP contribution in [-0.2, 0) is 0 Å². The number of hydrogen-bond donors (Lipinski definition) is 0. The molecule has 180 valence electrons. The first kappa shape index (κ1) is 25.2. The highest BCUT2D eigenvalue weighted by Gasteiger charge is 2.16. The predicted molar refractivity (Wildman–Crippen MR) is 162 cm³/mol. The van der Waals surface area contributed by atoms with E-state index in [1.54, 1.807) is 0 Å². The second-order valence-corrected chi connectivity index (χ2v) is 8.78. The maximum atomic E-state index is 2.33. The summed E-state index contributed by atoms with van der Waals surface area (Å²) in [6.07, 6.45) is 0. The maximum absolute atomic E-state index is 2.33. The third-order valence-electron chi connectivity index (χ3n) is 6.48. The summed E-state index contributed by atoms with van der Waals surface area (Å²) in [6, 6.07) is 40.1. The van der Waals surface area contributed by atoms with E-state index in [1.165, 1.54) is 65.7 Å². The first-order valence-corrected chi connectivity index (χ1v) is 13.2. The summed E-state index contributed by atoms with van der Waals surface area (Å²) in [4.78, 5) is 0. The van der Waals surface area contributed by atoms with Crippen molar-refractivity contribution in [2.75, 3.05) is 0 Å². The van der Waals surface area contributed by atoms with Crippen LogP contribution in [0.5, 0.6) is 0 Å². The van der Waals surface area contributed by atoms with E-state index in [9.17, 15) is 0 Å². The largest absolute Gasteiger partial charge is 0.0683 e. The highest BCUT2D eigenvalue weighted by atomic mass is 14.2. The van der Waals surface area contributed by atoms with Gasteiger partial charge in [0.15, 0.2) is 0 Å². The van der Waals surface area contributed by atoms with E-state index in [1.807, 2.05) is 27.7 Å². The SMILES string of the molecule is CC.CC.Cc1cc(C)cc(-c2c3ccccc3c(-c3ccc4ccccc4c3)c3ccccc23)c1. The number of fused-ring (bicyclic) bond motifs is 3. The average Bonchev–Trinajstić information content (AvgIpc) is 2.93. The molecular weight excluding hydrogens is 432 g/mol. The Balaban J connectivity index is 0.000000726. The van der Waals surface area contributed by atoms with Crippen molar-refractivity contribution in [2.24, 2.45) is 0 Å². The zero-order valence-corrected chi connectivity index (χ0v) is 22.4. The van der Waals surface area contributed by atoms with E-state index < -0.39 is 0 Å². The minimum Gasteiger partial charge on any atom is -0.0683 e. The molecule has 0 spiro atoms. The molecule has 0 fully saturated rings. The molecule has 0 heterocycles. The molecule has 0 atom stereocenters. The summed E-state index contributed by atoms with van der Waals surface area (Å²) >= 11 is 0. The summed E-state index contributed by atoms with van der Waals surface area (Å²) in [5.41, 5.74) is 7.80. The molecule has 6 aromatic carbocycles. The van der Waals surface area contributed by atoms with Crippen molar-refractivity contribution in [1.29, 1.82) is 0 Å². The zero-order valence-electron chi connectivity index (χ0n) is 22.4. The van der Waals surface area contributed by atoms with Gasteiger partial charge in [-0.15, -0.1) is 0 Å². The summed E-state index contributed by atoms with van der Waals surface area (Å²) < 4.78 is 0. The van der Waals surface area contributed by atoms with Crippen LogP contribution in [0, 0.1) is 13.8 Å². The molecule has 0 bridgehead atoms. The van der Waals surface area contributed by atoms with Gasteiger partial charge in [0.25, 0.3) is 0 Å². The lowest BCUT2D eigenvalue weighted by Crippen LogP contribution is -1.91. The third kappa shape index (κ3) is 4.64. The number of hydrogen-bond acceptors (Lipinski definition) is 0. The van der Waals surface area contributed by atoms with Crippen LogP contribution in [0.4, 0.5) is 0 Å². The second-order valence-electron chi connectivity index (χ2n) is 8.78. The van der Waals surface area contributed by atoms with Crippen molar-refractivity contribution in [3.63, 3.8) is 0 Å². The van der Waals surface area contributed by atoms with Gasteiger partial charge in [0.2, 0.25) is 0 Å². The smallest absolute Gasteiger partial charge is 0.00262 e. The van der Waals surface area contributed by atoms with Gasteiger partial charge in [-0.1, -0.05) is 142 Å². The minimum atomic E-state index is 1.27. The van der Waals surface area contributed by atoms with Gasteiger partial charge < -0.3 is 0 Å². The van der Waals surface area contributed by atoms with Crippen molar-refractivity contribution in [3.05, 3.63) is 120 Å². The van der Waals surface area contributed by atoms with Crippen LogP contribution in [0.15, 0.2) is 109 Å². The summed E-state index contributed by atoms with van der Waals surface area (Å²) in [7, 11) is 0. The molecule has 0 aliphatic heterocycles. The van der Waals surface area contributed by atoms with Crippen molar-refractivity contribution >= 4 is 32.3 Å². The van der Waals surface area contributed by atoms with Gasteiger partial charge in [0.1, 0.15) is 0 Å². The Labute approximate surface area is 216 Å². The number of aryl methyl sites for hydroxylation is 2. The molecule has 0 heteroatoms. The van der Waals surface area contributed by atoms with Crippen LogP contribution >= 0.6 is 0 Å². The topological polar surface area (TPSA) is 0 Å². The Morgan fingerprint density at radius 3 is 1.28 bits per heavy atom. The zero-order chi connectivity index (χ0) is 25.7. The lowest BCUT2D eigenvalue weighted by molar-refractivity contribution is 1.39. The fourth-order valence-electron chi connectivity index (χ4n) is 5.21. The third-order valence-corrected chi connectivity index (χ3v) is 6.48. The van der Waals surface area contributed by atoms with E-state index >= 15 is 0 Å². The van der Waals surface area contributed by atoms with Gasteiger partial charge in [0.05, 0.1) is 0 Å². The van der Waals surface area contributed by atoms with Gasteiger partial charge in [-0.05, 0) is 74.5 Å². The van der Waals surface area contributed by atoms with Gasteiger partial charge in [-0.3, -0.25) is 0 Å². The van der Waals surface area contributed by atoms with E-state index in [0.29, 0.717) is 0 Å². The molecule has 0 saturated carbocycles. The van der Waals surface area contributed by atoms with Gasteiger partial charge >= 0.3 is 0 Å². The van der Waals surface area contributed by atoms with Crippen molar-refractivity contribution in [2.45, 2.75) is 41.5 Å². The quantitative estimate of drug-likeness (QED) is 0.222. The summed E-state index contributed by atoms with van der Waals surface area (Å²) in [5.74, 6) is 0. The molecule has 36 heavy (non-hydrogen) atoms. The molecule has 6 rings (SSSR count). The Hall–Kier alpha value is -3.90. The normalized spacial score (nSPS) is 10.5. The van der Waals surface area contributed by atoms with Crippen molar-refractivity contribution in [3.8, 4) is 22.3 Å². The Morgan fingerprint density at radius 1 is 0.361 bits per heavy atom. The molecule has 0 unspecified atom stereocenters. The average molecular weight is 469 g/mol. The Kier molecular flexibility index (Phi) is 7.86. The van der Waals surface area contributed by atoms with Crippen LogP contribution < -0.4 is 0 Å². The van der Waals surface area contributed by atoms with Gasteiger partial charge in [-0.25, -0.2) is 0 Å². The second kappa shape index (κ2) is 11.2. The lowest BCUT2D eigenvalue weighted by Gasteiger charge is -2.18. The molecule has 0 saturated heterocycles. The van der Waals surface area contributed by atoms with Gasteiger partial charge in [-0.2, -0.15) is 0 Å². The number of rotatable bonds is 2. The van der Waals surface area contributed by atoms with Crippen LogP contribution in [0.2, 0.25) is 0 Å². The fraction of sp³-hybridized carbons (Fsp3) is 0.167. The lowest BCUT2D eigenvalue weighted by atomic mass is 9.85. The predicted octanol–water partition coefficient (Wildman–Crippen LogP) is 11.1. The van der Waals surface area contributed by atoms with Crippen LogP contribution in [0.3, 0.4) is 0 Å². The molecule has 0 radical (unpaired) electrons. The molecular formula is C36H36. The fourth-order valence-corrected chi connectivity index (χ4v) is 5.21. The summed E-state index contributed by atoms with van der Waals surface area (Å²) in [6.45, 7) is 12.4. The molecule has 0 N–H and O–H groups in total. The molecule has 0 aromatic heterocycles. The molecule has 0 nitrogen and oxygen atoms in total. The minimum absolute atomic E-state index is 1.27. The standard InChI is InChI=1S/C32H24.2C2H6/c1-21-17-22(2)19-26(18-21)32-29-13-7-5-11-27(29)31(28-12-6-8-14-30(28)32)25-16-15-23-9-3-4-10-24(23)20-25;2*1-2/h3-20H,1-2H3;2*1-2H3. The highest BCUT2D eigenvalue weighted by Crippen LogP contribution is 2.44.